The first-order chi connectivity index (χ1) is 13.2. The zero-order valence-electron chi connectivity index (χ0n) is 15.1. The highest BCUT2D eigenvalue weighted by Gasteiger charge is 2.37. The Morgan fingerprint density at radius 1 is 1.19 bits per heavy atom. The van der Waals surface area contributed by atoms with E-state index in [4.69, 9.17) is 11.6 Å². The highest BCUT2D eigenvalue weighted by atomic mass is 35.5. The molecule has 1 aliphatic carbocycles. The number of hydrogen-bond acceptors (Lipinski definition) is 5. The SMILES string of the molecule is N#C[C@@H]1CCCC1C(=O)C1CCN(c2cnccc2-n2cc(Cl)cn2)CC1. The average molecular weight is 384 g/mol. The van der Waals surface area contributed by atoms with Crippen LogP contribution in [0.2, 0.25) is 5.02 Å². The van der Waals surface area contributed by atoms with Crippen molar-refractivity contribution in [2.45, 2.75) is 32.1 Å². The lowest BCUT2D eigenvalue weighted by molar-refractivity contribution is -0.128. The zero-order valence-corrected chi connectivity index (χ0v) is 15.8. The van der Waals surface area contributed by atoms with Crippen LogP contribution >= 0.6 is 11.6 Å². The summed E-state index contributed by atoms with van der Waals surface area (Å²) in [5.41, 5.74) is 1.93. The molecule has 1 unspecified atom stereocenters. The number of anilines is 1. The predicted octanol–water partition coefficient (Wildman–Crippen LogP) is 3.65. The van der Waals surface area contributed by atoms with Crippen LogP contribution in [-0.4, -0.2) is 33.6 Å². The van der Waals surface area contributed by atoms with Gasteiger partial charge in [-0.05, 0) is 31.7 Å². The Balaban J connectivity index is 1.46. The van der Waals surface area contributed by atoms with Crippen molar-refractivity contribution < 1.29 is 4.79 Å². The van der Waals surface area contributed by atoms with E-state index in [9.17, 15) is 10.1 Å². The number of halogens is 1. The maximum Gasteiger partial charge on any atom is 0.140 e. The molecular formula is C20H22ClN5O. The lowest BCUT2D eigenvalue weighted by Crippen LogP contribution is -2.39. The van der Waals surface area contributed by atoms with Crippen molar-refractivity contribution in [3.8, 4) is 11.8 Å². The van der Waals surface area contributed by atoms with Crippen LogP contribution in [0.5, 0.6) is 0 Å². The van der Waals surface area contributed by atoms with Crippen LogP contribution in [0.25, 0.3) is 5.69 Å². The van der Waals surface area contributed by atoms with E-state index >= 15 is 0 Å². The molecule has 7 heteroatoms. The van der Waals surface area contributed by atoms with Crippen LogP contribution in [-0.2, 0) is 4.79 Å². The van der Waals surface area contributed by atoms with Crippen molar-refractivity contribution in [2.24, 2.45) is 17.8 Å². The predicted molar refractivity (Wildman–Crippen MR) is 103 cm³/mol. The summed E-state index contributed by atoms with van der Waals surface area (Å²) >= 11 is 6.02. The number of carbonyl (C=O) groups is 1. The van der Waals surface area contributed by atoms with Gasteiger partial charge in [-0.3, -0.25) is 9.78 Å². The van der Waals surface area contributed by atoms with Gasteiger partial charge in [-0.2, -0.15) is 10.4 Å². The van der Waals surface area contributed by atoms with Crippen LogP contribution in [0.1, 0.15) is 32.1 Å². The summed E-state index contributed by atoms with van der Waals surface area (Å²) in [6.45, 7) is 1.60. The summed E-state index contributed by atoms with van der Waals surface area (Å²) < 4.78 is 1.76. The Hall–Kier alpha value is -2.39. The van der Waals surface area contributed by atoms with Gasteiger partial charge in [0, 0.05) is 37.3 Å². The molecule has 1 saturated heterocycles. The van der Waals surface area contributed by atoms with Crippen LogP contribution < -0.4 is 4.90 Å². The molecule has 1 aliphatic heterocycles. The van der Waals surface area contributed by atoms with Crippen LogP contribution in [0, 0.1) is 29.1 Å². The molecule has 27 heavy (non-hydrogen) atoms. The number of piperidine rings is 1. The van der Waals surface area contributed by atoms with Gasteiger partial charge in [-0.1, -0.05) is 18.0 Å². The number of carbonyl (C=O) groups excluding carboxylic acids is 1. The first kappa shape index (κ1) is 18.0. The minimum Gasteiger partial charge on any atom is -0.368 e. The molecule has 2 aromatic rings. The molecule has 6 nitrogen and oxygen atoms in total. The minimum absolute atomic E-state index is 0.0493. The van der Waals surface area contributed by atoms with Gasteiger partial charge in [0.2, 0.25) is 0 Å². The van der Waals surface area contributed by atoms with Crippen molar-refractivity contribution >= 4 is 23.1 Å². The Morgan fingerprint density at radius 2 is 2.00 bits per heavy atom. The number of Topliss-reactive ketones (excluding diaryl/α,β-unsaturated/α-hetero) is 1. The summed E-state index contributed by atoms with van der Waals surface area (Å²) in [6, 6.07) is 4.26. The summed E-state index contributed by atoms with van der Waals surface area (Å²) in [5, 5.41) is 14.2. The Labute approximate surface area is 163 Å². The van der Waals surface area contributed by atoms with E-state index in [-0.39, 0.29) is 17.8 Å². The Bertz CT molecular complexity index is 865. The molecule has 140 valence electrons. The first-order valence-electron chi connectivity index (χ1n) is 9.50. The maximum atomic E-state index is 12.9. The minimum atomic E-state index is -0.0787. The van der Waals surface area contributed by atoms with E-state index in [1.54, 1.807) is 23.3 Å². The number of ketones is 1. The first-order valence-corrected chi connectivity index (χ1v) is 9.88. The third-order valence-corrected chi connectivity index (χ3v) is 6.06. The molecule has 2 atom stereocenters. The second-order valence-electron chi connectivity index (χ2n) is 7.40. The van der Waals surface area contributed by atoms with Gasteiger partial charge in [0.15, 0.2) is 0 Å². The number of aromatic nitrogens is 3. The lowest BCUT2D eigenvalue weighted by Gasteiger charge is -2.34. The van der Waals surface area contributed by atoms with Crippen molar-refractivity contribution in [1.29, 1.82) is 5.26 Å². The standard InChI is InChI=1S/C20H22ClN5O/c21-16-11-24-26(13-16)18-4-7-23-12-19(18)25-8-5-14(6-9-25)20(27)17-3-1-2-15(17)10-22/h4,7,11-15,17H,1-3,5-6,8-9H2/t15-,17?/m0/s1. The Morgan fingerprint density at radius 3 is 2.70 bits per heavy atom. The van der Waals surface area contributed by atoms with Gasteiger partial charge < -0.3 is 4.90 Å². The third kappa shape index (κ3) is 3.57. The molecule has 0 spiro atoms. The topological polar surface area (TPSA) is 74.8 Å². The van der Waals surface area contributed by atoms with Crippen molar-refractivity contribution in [3.63, 3.8) is 0 Å². The molecule has 1 saturated carbocycles. The van der Waals surface area contributed by atoms with E-state index in [0.717, 1.165) is 56.6 Å². The molecule has 0 bridgehead atoms. The molecule has 4 rings (SSSR count). The van der Waals surface area contributed by atoms with Gasteiger partial charge in [-0.15, -0.1) is 0 Å². The summed E-state index contributed by atoms with van der Waals surface area (Å²) in [4.78, 5) is 19.4. The fourth-order valence-corrected chi connectivity index (χ4v) is 4.55. The molecule has 0 radical (unpaired) electrons. The largest absolute Gasteiger partial charge is 0.368 e. The highest BCUT2D eigenvalue weighted by molar-refractivity contribution is 6.30. The van der Waals surface area contributed by atoms with E-state index in [1.165, 1.54) is 0 Å². The van der Waals surface area contributed by atoms with Gasteiger partial charge in [0.25, 0.3) is 0 Å². The molecule has 0 amide bonds. The second-order valence-corrected chi connectivity index (χ2v) is 7.84. The zero-order chi connectivity index (χ0) is 18.8. The monoisotopic (exact) mass is 383 g/mol. The lowest BCUT2D eigenvalue weighted by atomic mass is 9.81. The van der Waals surface area contributed by atoms with Crippen LogP contribution in [0.3, 0.4) is 0 Å². The second kappa shape index (κ2) is 7.69. The molecule has 2 fully saturated rings. The molecular weight excluding hydrogens is 362 g/mol. The normalized spacial score (nSPS) is 23.3. The van der Waals surface area contributed by atoms with E-state index in [2.05, 4.69) is 21.1 Å². The highest BCUT2D eigenvalue weighted by Crippen LogP contribution is 2.36. The van der Waals surface area contributed by atoms with E-state index in [0.29, 0.717) is 10.8 Å². The number of nitrogens with zero attached hydrogens (tertiary/aromatic N) is 5. The smallest absolute Gasteiger partial charge is 0.140 e. The quantitative estimate of drug-likeness (QED) is 0.805. The fourth-order valence-electron chi connectivity index (χ4n) is 4.41. The van der Waals surface area contributed by atoms with Crippen LogP contribution in [0.15, 0.2) is 30.9 Å². The number of rotatable bonds is 4. The molecule has 0 aromatic carbocycles. The van der Waals surface area contributed by atoms with Gasteiger partial charge in [0.1, 0.15) is 5.78 Å². The van der Waals surface area contributed by atoms with Crippen molar-refractivity contribution in [1.82, 2.24) is 14.8 Å². The molecule has 3 heterocycles. The summed E-state index contributed by atoms with van der Waals surface area (Å²) in [5.74, 6) is 0.250. The average Bonchev–Trinajstić information content (AvgIpc) is 3.36. The van der Waals surface area contributed by atoms with Gasteiger partial charge >= 0.3 is 0 Å². The summed E-state index contributed by atoms with van der Waals surface area (Å²) in [7, 11) is 0. The van der Waals surface area contributed by atoms with E-state index < -0.39 is 0 Å². The van der Waals surface area contributed by atoms with E-state index in [1.807, 2.05) is 12.3 Å². The summed E-state index contributed by atoms with van der Waals surface area (Å²) in [6.07, 6.45) is 11.4. The fraction of sp³-hybridized carbons (Fsp3) is 0.500. The number of pyridine rings is 1. The van der Waals surface area contributed by atoms with Gasteiger partial charge in [0.05, 0.1) is 40.8 Å². The third-order valence-electron chi connectivity index (χ3n) is 5.86. The molecule has 2 aromatic heterocycles. The van der Waals surface area contributed by atoms with Crippen molar-refractivity contribution in [2.75, 3.05) is 18.0 Å². The van der Waals surface area contributed by atoms with Crippen molar-refractivity contribution in [3.05, 3.63) is 35.9 Å². The molecule has 0 N–H and O–H groups in total. The molecule has 2 aliphatic rings. The number of hydrogen-bond donors (Lipinski definition) is 0. The van der Waals surface area contributed by atoms with Gasteiger partial charge in [-0.25, -0.2) is 4.68 Å². The number of nitriles is 1. The maximum absolute atomic E-state index is 12.9. The van der Waals surface area contributed by atoms with Crippen LogP contribution in [0.4, 0.5) is 5.69 Å². The Kier molecular flexibility index (Phi) is 5.13.